The van der Waals surface area contributed by atoms with Gasteiger partial charge in [0.15, 0.2) is 6.61 Å². The fourth-order valence-electron chi connectivity index (χ4n) is 3.46. The summed E-state index contributed by atoms with van der Waals surface area (Å²) in [5.41, 5.74) is 2.49. The van der Waals surface area contributed by atoms with Crippen molar-refractivity contribution in [1.82, 2.24) is 5.32 Å². The Morgan fingerprint density at radius 1 is 1.21 bits per heavy atom. The van der Waals surface area contributed by atoms with E-state index in [9.17, 15) is 13.2 Å². The van der Waals surface area contributed by atoms with Crippen LogP contribution in [0.3, 0.4) is 0 Å². The summed E-state index contributed by atoms with van der Waals surface area (Å²) >= 11 is 0. The number of ether oxygens (including phenoxy) is 1. The number of carbonyl (C=O) groups excluding carboxylic acids is 1. The third-order valence-electron chi connectivity index (χ3n) is 5.10. The second-order valence-corrected chi connectivity index (χ2v) is 9.23. The number of aryl methyl sites for hydroxylation is 2. The highest BCUT2D eigenvalue weighted by Crippen LogP contribution is 2.33. The Morgan fingerprint density at radius 2 is 2.00 bits per heavy atom. The Morgan fingerprint density at radius 3 is 2.75 bits per heavy atom. The summed E-state index contributed by atoms with van der Waals surface area (Å²) in [7, 11) is -3.66. The van der Waals surface area contributed by atoms with Crippen LogP contribution in [0.2, 0.25) is 0 Å². The number of sulfonamides is 1. The number of nitrogens with zero attached hydrogens (tertiary/aromatic N) is 1. The lowest BCUT2D eigenvalue weighted by Crippen LogP contribution is -2.35. The number of benzene rings is 2. The first-order valence-corrected chi connectivity index (χ1v) is 11.0. The van der Waals surface area contributed by atoms with E-state index in [2.05, 4.69) is 5.32 Å². The normalized spacial score (nSPS) is 16.4. The summed E-state index contributed by atoms with van der Waals surface area (Å²) < 4.78 is 33.5. The molecule has 0 spiro atoms. The minimum atomic E-state index is -3.66. The fraction of sp³-hybridized carbons (Fsp3) is 0.381. The van der Waals surface area contributed by atoms with Gasteiger partial charge in [0.1, 0.15) is 5.75 Å². The van der Waals surface area contributed by atoms with Crippen LogP contribution >= 0.6 is 0 Å². The maximum absolute atomic E-state index is 13.2. The van der Waals surface area contributed by atoms with Crippen LogP contribution in [0.25, 0.3) is 0 Å². The van der Waals surface area contributed by atoms with Crippen LogP contribution in [0.15, 0.2) is 47.4 Å². The van der Waals surface area contributed by atoms with E-state index >= 15 is 0 Å². The van der Waals surface area contributed by atoms with E-state index in [4.69, 9.17) is 4.74 Å². The van der Waals surface area contributed by atoms with Gasteiger partial charge < -0.3 is 10.1 Å². The molecule has 28 heavy (non-hydrogen) atoms. The van der Waals surface area contributed by atoms with Gasteiger partial charge in [-0.3, -0.25) is 9.10 Å². The Bertz CT molecular complexity index is 999. The minimum absolute atomic E-state index is 0.0665. The number of anilines is 1. The molecule has 0 bridgehead atoms. The third-order valence-corrected chi connectivity index (χ3v) is 6.91. The van der Waals surface area contributed by atoms with E-state index in [1.54, 1.807) is 25.1 Å². The Hall–Kier alpha value is -2.54. The zero-order valence-corrected chi connectivity index (χ0v) is 16.7. The fourth-order valence-corrected chi connectivity index (χ4v) is 5.09. The van der Waals surface area contributed by atoms with Crippen molar-refractivity contribution >= 4 is 21.6 Å². The van der Waals surface area contributed by atoms with Crippen LogP contribution in [-0.2, 0) is 21.2 Å². The molecule has 148 valence electrons. The number of hydrogen-bond donors (Lipinski definition) is 1. The van der Waals surface area contributed by atoms with E-state index < -0.39 is 10.0 Å². The van der Waals surface area contributed by atoms with Crippen molar-refractivity contribution < 1.29 is 17.9 Å². The molecule has 1 N–H and O–H groups in total. The van der Waals surface area contributed by atoms with E-state index in [0.717, 1.165) is 36.9 Å². The predicted molar refractivity (Wildman–Crippen MR) is 107 cm³/mol. The topological polar surface area (TPSA) is 75.7 Å². The number of para-hydroxylation sites is 1. The van der Waals surface area contributed by atoms with Crippen molar-refractivity contribution in [1.29, 1.82) is 0 Å². The number of amides is 1. The van der Waals surface area contributed by atoms with Crippen LogP contribution < -0.4 is 14.4 Å². The van der Waals surface area contributed by atoms with Gasteiger partial charge in [0.2, 0.25) is 0 Å². The van der Waals surface area contributed by atoms with Crippen molar-refractivity contribution in [3.63, 3.8) is 0 Å². The summed E-state index contributed by atoms with van der Waals surface area (Å²) in [4.78, 5) is 12.0. The molecule has 0 radical (unpaired) electrons. The SMILES string of the molecule is Cc1cc(S(=O)(=O)N2CCCc3ccccc32)ccc1OCC(=O)NC1CC1. The zero-order valence-electron chi connectivity index (χ0n) is 15.8. The first kappa shape index (κ1) is 18.8. The molecule has 6 nitrogen and oxygen atoms in total. The molecule has 1 amide bonds. The second kappa shape index (κ2) is 7.47. The molecule has 1 heterocycles. The molecule has 1 saturated carbocycles. The number of fused-ring (bicyclic) bond motifs is 1. The smallest absolute Gasteiger partial charge is 0.264 e. The quantitative estimate of drug-likeness (QED) is 0.809. The first-order valence-electron chi connectivity index (χ1n) is 9.58. The summed E-state index contributed by atoms with van der Waals surface area (Å²) in [6.45, 7) is 2.19. The van der Waals surface area contributed by atoms with Gasteiger partial charge >= 0.3 is 0 Å². The third kappa shape index (κ3) is 3.85. The summed E-state index contributed by atoms with van der Waals surface area (Å²) in [6, 6.07) is 12.7. The lowest BCUT2D eigenvalue weighted by atomic mass is 10.0. The molecular formula is C21H24N2O4S. The van der Waals surface area contributed by atoms with Crippen LogP contribution in [0.1, 0.15) is 30.4 Å². The predicted octanol–water partition coefficient (Wildman–Crippen LogP) is 2.79. The maximum atomic E-state index is 13.2. The number of nitrogens with one attached hydrogen (secondary N) is 1. The van der Waals surface area contributed by atoms with Gasteiger partial charge in [-0.1, -0.05) is 18.2 Å². The molecule has 1 aliphatic carbocycles. The van der Waals surface area contributed by atoms with Gasteiger partial charge in [-0.15, -0.1) is 0 Å². The van der Waals surface area contributed by atoms with Gasteiger partial charge in [-0.25, -0.2) is 8.42 Å². The highest BCUT2D eigenvalue weighted by Gasteiger charge is 2.29. The van der Waals surface area contributed by atoms with Crippen molar-refractivity contribution in [3.05, 3.63) is 53.6 Å². The molecular weight excluding hydrogens is 376 g/mol. The molecule has 1 aliphatic heterocycles. The van der Waals surface area contributed by atoms with Gasteiger partial charge in [-0.05, 0) is 68.0 Å². The van der Waals surface area contributed by atoms with Crippen LogP contribution in [0.4, 0.5) is 5.69 Å². The molecule has 0 atom stereocenters. The van der Waals surface area contributed by atoms with Crippen LogP contribution in [-0.4, -0.2) is 33.5 Å². The minimum Gasteiger partial charge on any atom is -0.484 e. The Kier molecular flexibility index (Phi) is 5.02. The lowest BCUT2D eigenvalue weighted by molar-refractivity contribution is -0.123. The van der Waals surface area contributed by atoms with E-state index in [0.29, 0.717) is 17.9 Å². The van der Waals surface area contributed by atoms with Crippen molar-refractivity contribution in [2.45, 2.75) is 43.5 Å². The highest BCUT2D eigenvalue weighted by atomic mass is 32.2. The molecule has 7 heteroatoms. The molecule has 0 unspecified atom stereocenters. The molecule has 4 rings (SSSR count). The first-order chi connectivity index (χ1) is 13.4. The molecule has 1 fully saturated rings. The van der Waals surface area contributed by atoms with Crippen molar-refractivity contribution in [3.8, 4) is 5.75 Å². The maximum Gasteiger partial charge on any atom is 0.264 e. The average molecular weight is 401 g/mol. The standard InChI is InChI=1S/C21H24N2O4S/c1-15-13-18(10-11-20(15)27-14-21(24)22-17-8-9-17)28(25,26)23-12-4-6-16-5-2-3-7-19(16)23/h2-3,5,7,10-11,13,17H,4,6,8-9,12,14H2,1H3,(H,22,24). The van der Waals surface area contributed by atoms with Gasteiger partial charge in [0.25, 0.3) is 15.9 Å². The van der Waals surface area contributed by atoms with Gasteiger partial charge in [-0.2, -0.15) is 0 Å². The van der Waals surface area contributed by atoms with Crippen molar-refractivity contribution in [2.24, 2.45) is 0 Å². The number of rotatable bonds is 6. The Labute approximate surface area is 165 Å². The summed E-state index contributed by atoms with van der Waals surface area (Å²) in [6.07, 6.45) is 3.73. The van der Waals surface area contributed by atoms with E-state index in [1.807, 2.05) is 24.3 Å². The van der Waals surface area contributed by atoms with Gasteiger partial charge in [0, 0.05) is 12.6 Å². The average Bonchev–Trinajstić information content (AvgIpc) is 3.50. The Balaban J connectivity index is 1.52. The summed E-state index contributed by atoms with van der Waals surface area (Å²) in [5.74, 6) is 0.368. The monoisotopic (exact) mass is 400 g/mol. The summed E-state index contributed by atoms with van der Waals surface area (Å²) in [5, 5.41) is 2.87. The van der Waals surface area contributed by atoms with Crippen LogP contribution in [0.5, 0.6) is 5.75 Å². The second-order valence-electron chi connectivity index (χ2n) is 7.37. The molecule has 0 aromatic heterocycles. The van der Waals surface area contributed by atoms with Crippen molar-refractivity contribution in [2.75, 3.05) is 17.5 Å². The molecule has 0 saturated heterocycles. The molecule has 2 aromatic carbocycles. The number of carbonyl (C=O) groups is 1. The highest BCUT2D eigenvalue weighted by molar-refractivity contribution is 7.92. The lowest BCUT2D eigenvalue weighted by Gasteiger charge is -2.30. The van der Waals surface area contributed by atoms with E-state index in [1.165, 1.54) is 4.31 Å². The zero-order chi connectivity index (χ0) is 19.7. The van der Waals surface area contributed by atoms with Gasteiger partial charge in [0.05, 0.1) is 10.6 Å². The number of hydrogen-bond acceptors (Lipinski definition) is 4. The molecule has 2 aromatic rings. The van der Waals surface area contributed by atoms with Crippen LogP contribution in [0, 0.1) is 6.92 Å². The van der Waals surface area contributed by atoms with E-state index in [-0.39, 0.29) is 23.5 Å². The largest absolute Gasteiger partial charge is 0.484 e. The molecule has 2 aliphatic rings.